The molecule has 0 saturated heterocycles. The molecule has 2 rings (SSSR count). The van der Waals surface area contributed by atoms with Crippen molar-refractivity contribution in [2.45, 2.75) is 45.6 Å². The molecule has 0 aliphatic heterocycles. The third-order valence-corrected chi connectivity index (χ3v) is 4.39. The molecule has 4 heteroatoms. The zero-order chi connectivity index (χ0) is 15.3. The quantitative estimate of drug-likeness (QED) is 0.875. The summed E-state index contributed by atoms with van der Waals surface area (Å²) in [5.41, 5.74) is 1.07. The minimum Gasteiger partial charge on any atom is -0.497 e. The number of rotatable bonds is 5. The molecule has 1 amide bonds. The van der Waals surface area contributed by atoms with Gasteiger partial charge in [-0.1, -0.05) is 26.7 Å². The fourth-order valence-corrected chi connectivity index (χ4v) is 2.97. The maximum Gasteiger partial charge on any atom is 0.238 e. The van der Waals surface area contributed by atoms with Crippen LogP contribution in [-0.4, -0.2) is 25.6 Å². The molecule has 116 valence electrons. The Balaban J connectivity index is 1.81. The van der Waals surface area contributed by atoms with Crippen molar-refractivity contribution in [3.63, 3.8) is 0 Å². The lowest BCUT2D eigenvalue weighted by Gasteiger charge is -2.39. The highest BCUT2D eigenvalue weighted by molar-refractivity contribution is 5.92. The Labute approximate surface area is 127 Å². The number of hydrogen-bond acceptors (Lipinski definition) is 3. The first kappa shape index (κ1) is 15.8. The van der Waals surface area contributed by atoms with Gasteiger partial charge >= 0.3 is 0 Å². The van der Waals surface area contributed by atoms with E-state index in [4.69, 9.17) is 4.74 Å². The van der Waals surface area contributed by atoms with Crippen molar-refractivity contribution in [1.82, 2.24) is 5.32 Å². The Hall–Kier alpha value is -1.55. The molecule has 1 atom stereocenters. The molecule has 1 aliphatic rings. The summed E-state index contributed by atoms with van der Waals surface area (Å²) in [4.78, 5) is 12.0. The number of methoxy groups -OCH3 is 1. The van der Waals surface area contributed by atoms with Crippen LogP contribution in [0.5, 0.6) is 5.75 Å². The summed E-state index contributed by atoms with van der Waals surface area (Å²) in [5, 5.41) is 6.32. The fourth-order valence-electron chi connectivity index (χ4n) is 2.97. The minimum absolute atomic E-state index is 0.00143. The molecule has 4 nitrogen and oxygen atoms in total. The van der Waals surface area contributed by atoms with E-state index in [2.05, 4.69) is 24.5 Å². The third-order valence-electron chi connectivity index (χ3n) is 4.39. The summed E-state index contributed by atoms with van der Waals surface area (Å²) >= 11 is 0. The van der Waals surface area contributed by atoms with Crippen LogP contribution < -0.4 is 15.4 Å². The topological polar surface area (TPSA) is 50.4 Å². The van der Waals surface area contributed by atoms with Crippen molar-refractivity contribution in [2.24, 2.45) is 5.41 Å². The van der Waals surface area contributed by atoms with Crippen molar-refractivity contribution in [3.8, 4) is 5.75 Å². The molecular formula is C17H26N2O2. The predicted molar refractivity (Wildman–Crippen MR) is 85.7 cm³/mol. The van der Waals surface area contributed by atoms with Crippen molar-refractivity contribution in [3.05, 3.63) is 24.3 Å². The second kappa shape index (κ2) is 6.94. The van der Waals surface area contributed by atoms with Gasteiger partial charge in [-0.15, -0.1) is 0 Å². The van der Waals surface area contributed by atoms with Crippen molar-refractivity contribution in [2.75, 3.05) is 19.0 Å². The number of hydrogen-bond donors (Lipinski definition) is 2. The Morgan fingerprint density at radius 2 is 2.00 bits per heavy atom. The molecule has 1 unspecified atom stereocenters. The molecule has 1 aromatic carbocycles. The average molecular weight is 290 g/mol. The standard InChI is InChI=1S/C17H26N2O2/c1-17(2)11-5-4-6-15(17)18-12-16(20)19-13-7-9-14(21-3)10-8-13/h7-10,15,18H,4-6,11-12H2,1-3H3,(H,19,20). The lowest BCUT2D eigenvalue weighted by atomic mass is 9.73. The van der Waals surface area contributed by atoms with Gasteiger partial charge in [0.2, 0.25) is 5.91 Å². The van der Waals surface area contributed by atoms with Gasteiger partial charge in [-0.2, -0.15) is 0 Å². The molecule has 0 heterocycles. The highest BCUT2D eigenvalue weighted by Crippen LogP contribution is 2.35. The Kier molecular flexibility index (Phi) is 5.23. The summed E-state index contributed by atoms with van der Waals surface area (Å²) in [6.45, 7) is 4.93. The molecule has 2 N–H and O–H groups in total. The van der Waals surface area contributed by atoms with Crippen LogP contribution in [0.3, 0.4) is 0 Å². The van der Waals surface area contributed by atoms with E-state index in [1.54, 1.807) is 7.11 Å². The summed E-state index contributed by atoms with van der Waals surface area (Å²) in [6, 6.07) is 7.80. The number of ether oxygens (including phenoxy) is 1. The normalized spacial score (nSPS) is 20.8. The summed E-state index contributed by atoms with van der Waals surface area (Å²) in [5.74, 6) is 0.789. The third kappa shape index (κ3) is 4.46. The monoisotopic (exact) mass is 290 g/mol. The largest absolute Gasteiger partial charge is 0.497 e. The SMILES string of the molecule is COc1ccc(NC(=O)CNC2CCCCC2(C)C)cc1. The molecule has 1 saturated carbocycles. The highest BCUT2D eigenvalue weighted by Gasteiger charge is 2.31. The van der Waals surface area contributed by atoms with Crippen LogP contribution in [0.1, 0.15) is 39.5 Å². The Bertz CT molecular complexity index is 468. The van der Waals surface area contributed by atoms with Crippen molar-refractivity contribution < 1.29 is 9.53 Å². The number of amides is 1. The van der Waals surface area contributed by atoms with Crippen LogP contribution in [-0.2, 0) is 4.79 Å². The Morgan fingerprint density at radius 3 is 2.62 bits per heavy atom. The van der Waals surface area contributed by atoms with Crippen LogP contribution in [0.25, 0.3) is 0 Å². The second-order valence-electron chi connectivity index (χ2n) is 6.44. The van der Waals surface area contributed by atoms with Crippen LogP contribution in [0, 0.1) is 5.41 Å². The average Bonchev–Trinajstić information content (AvgIpc) is 2.46. The molecule has 0 radical (unpaired) electrons. The first-order valence-electron chi connectivity index (χ1n) is 7.68. The van der Waals surface area contributed by atoms with Gasteiger partial charge in [-0.3, -0.25) is 4.79 Å². The summed E-state index contributed by atoms with van der Waals surface area (Å²) in [7, 11) is 1.63. The molecule has 1 fully saturated rings. The summed E-state index contributed by atoms with van der Waals surface area (Å²) < 4.78 is 5.10. The van der Waals surface area contributed by atoms with Crippen LogP contribution in [0.15, 0.2) is 24.3 Å². The van der Waals surface area contributed by atoms with Gasteiger partial charge in [0.05, 0.1) is 13.7 Å². The number of nitrogens with one attached hydrogen (secondary N) is 2. The summed E-state index contributed by atoms with van der Waals surface area (Å²) in [6.07, 6.45) is 4.93. The van der Waals surface area contributed by atoms with Gasteiger partial charge in [0.25, 0.3) is 0 Å². The molecular weight excluding hydrogens is 264 g/mol. The lowest BCUT2D eigenvalue weighted by molar-refractivity contribution is -0.115. The second-order valence-corrected chi connectivity index (χ2v) is 6.44. The van der Waals surface area contributed by atoms with E-state index in [-0.39, 0.29) is 11.3 Å². The van der Waals surface area contributed by atoms with E-state index >= 15 is 0 Å². The van der Waals surface area contributed by atoms with Crippen LogP contribution in [0.2, 0.25) is 0 Å². The van der Waals surface area contributed by atoms with Crippen LogP contribution >= 0.6 is 0 Å². The predicted octanol–water partition coefficient (Wildman–Crippen LogP) is 3.19. The highest BCUT2D eigenvalue weighted by atomic mass is 16.5. The molecule has 0 spiro atoms. The van der Waals surface area contributed by atoms with E-state index in [0.717, 1.165) is 17.9 Å². The minimum atomic E-state index is 0.00143. The molecule has 0 aromatic heterocycles. The lowest BCUT2D eigenvalue weighted by Crippen LogP contribution is -2.46. The van der Waals surface area contributed by atoms with Gasteiger partial charge in [0.15, 0.2) is 0 Å². The van der Waals surface area contributed by atoms with E-state index in [9.17, 15) is 4.79 Å². The first-order valence-corrected chi connectivity index (χ1v) is 7.68. The Morgan fingerprint density at radius 1 is 1.29 bits per heavy atom. The zero-order valence-corrected chi connectivity index (χ0v) is 13.2. The van der Waals surface area contributed by atoms with Gasteiger partial charge < -0.3 is 15.4 Å². The fraction of sp³-hybridized carbons (Fsp3) is 0.588. The van der Waals surface area contributed by atoms with E-state index in [1.807, 2.05) is 24.3 Å². The molecule has 1 aromatic rings. The van der Waals surface area contributed by atoms with Gasteiger partial charge in [0.1, 0.15) is 5.75 Å². The molecule has 0 bridgehead atoms. The zero-order valence-electron chi connectivity index (χ0n) is 13.2. The van der Waals surface area contributed by atoms with Crippen LogP contribution in [0.4, 0.5) is 5.69 Å². The number of carbonyl (C=O) groups excluding carboxylic acids is 1. The van der Waals surface area contributed by atoms with E-state index in [0.29, 0.717) is 12.6 Å². The number of anilines is 1. The smallest absolute Gasteiger partial charge is 0.238 e. The first-order chi connectivity index (χ1) is 10.0. The maximum atomic E-state index is 12.0. The van der Waals surface area contributed by atoms with Gasteiger partial charge in [-0.25, -0.2) is 0 Å². The van der Waals surface area contributed by atoms with Gasteiger partial charge in [-0.05, 0) is 42.5 Å². The maximum absolute atomic E-state index is 12.0. The van der Waals surface area contributed by atoms with E-state index < -0.39 is 0 Å². The van der Waals surface area contributed by atoms with Crippen molar-refractivity contribution >= 4 is 11.6 Å². The molecule has 21 heavy (non-hydrogen) atoms. The molecule has 1 aliphatic carbocycles. The van der Waals surface area contributed by atoms with Gasteiger partial charge in [0, 0.05) is 11.7 Å². The van der Waals surface area contributed by atoms with E-state index in [1.165, 1.54) is 19.3 Å². The number of benzene rings is 1. The van der Waals surface area contributed by atoms with Crippen molar-refractivity contribution in [1.29, 1.82) is 0 Å². The number of carbonyl (C=O) groups is 1.